The number of nitrogens with zero attached hydrogens (tertiary/aromatic N) is 1. The first kappa shape index (κ1) is 3.91. The lowest BCUT2D eigenvalue weighted by atomic mass is 10.9. The molecule has 0 unspecified atom stereocenters. The molecule has 1 N–H and O–H groups in total. The third kappa shape index (κ3) is 0.594. The van der Waals surface area contributed by atoms with E-state index in [0.29, 0.717) is 0 Å². The Balaban J connectivity index is 3.30. The van der Waals surface area contributed by atoms with Crippen molar-refractivity contribution in [2.45, 2.75) is 0 Å². The van der Waals surface area contributed by atoms with E-state index in [9.17, 15) is 10.0 Å². The number of nitrogens with one attached hydrogen (secondary N) is 1. The van der Waals surface area contributed by atoms with Gasteiger partial charge in [0.25, 0.3) is 0 Å². The molecule has 0 atom stereocenters. The highest BCUT2D eigenvalue weighted by atomic mass is 16.8. The topological polar surface area (TPSA) is 72.9 Å². The van der Waals surface area contributed by atoms with E-state index < -0.39 is 5.56 Å². The zero-order valence-corrected chi connectivity index (χ0v) is 3.25. The van der Waals surface area contributed by atoms with E-state index in [0.717, 1.165) is 6.20 Å². The molecule has 1 aromatic rings. The smallest absolute Gasteiger partial charge is 0.360 e. The first-order chi connectivity index (χ1) is 3.29. The van der Waals surface area contributed by atoms with Crippen LogP contribution in [0.5, 0.6) is 0 Å². The van der Waals surface area contributed by atoms with Gasteiger partial charge in [-0.2, -0.15) is 0 Å². The van der Waals surface area contributed by atoms with Crippen LogP contribution in [0.3, 0.4) is 0 Å². The van der Waals surface area contributed by atoms with Crippen LogP contribution >= 0.6 is 0 Å². The Hall–Kier alpha value is -1.26. The maximum atomic E-state index is 9.92. The third-order valence-electron chi connectivity index (χ3n) is 0.459. The molecule has 0 aromatic carbocycles. The molecule has 0 aliphatic carbocycles. The third-order valence-corrected chi connectivity index (χ3v) is 0.459. The molecule has 7 heavy (non-hydrogen) atoms. The summed E-state index contributed by atoms with van der Waals surface area (Å²) in [5, 5.41) is 11.6. The molecule has 5 heteroatoms. The molecule has 5 nitrogen and oxygen atoms in total. The molecule has 0 aliphatic rings. The molecule has 0 radical (unpaired) electrons. The summed E-state index contributed by atoms with van der Waals surface area (Å²) < 4.78 is 3.89. The van der Waals surface area contributed by atoms with Gasteiger partial charge >= 0.3 is 5.56 Å². The van der Waals surface area contributed by atoms with E-state index >= 15 is 0 Å². The van der Waals surface area contributed by atoms with Crippen molar-refractivity contribution in [2.24, 2.45) is 0 Å². The lowest BCUT2D eigenvalue weighted by Crippen LogP contribution is -2.21. The van der Waals surface area contributed by atoms with Crippen molar-refractivity contribution in [3.05, 3.63) is 21.8 Å². The molecule has 0 saturated heterocycles. The molecule has 0 spiro atoms. The van der Waals surface area contributed by atoms with Gasteiger partial charge in [-0.25, -0.2) is 4.79 Å². The zero-order valence-electron chi connectivity index (χ0n) is 3.25. The lowest BCUT2D eigenvalue weighted by Gasteiger charge is -1.75. The molecule has 0 amide bonds. The minimum Gasteiger partial charge on any atom is -0.360 e. The molecule has 0 fully saturated rings. The highest BCUT2D eigenvalue weighted by molar-refractivity contribution is 4.52. The Morgan fingerprint density at radius 3 is 2.86 bits per heavy atom. The molecule has 0 bridgehead atoms. The first-order valence-corrected chi connectivity index (χ1v) is 1.57. The molecule has 0 aliphatic heterocycles. The fraction of sp³-hybridized carbons (Fsp3) is 0. The highest BCUT2D eigenvalue weighted by Crippen LogP contribution is 1.49. The summed E-state index contributed by atoms with van der Waals surface area (Å²) >= 11 is 0. The summed E-state index contributed by atoms with van der Waals surface area (Å²) in [6.45, 7) is 0. The molecule has 1 aromatic heterocycles. The first-order valence-electron chi connectivity index (χ1n) is 1.57. The summed E-state index contributed by atoms with van der Waals surface area (Å²) in [5.41, 5.74) is -0.532. The Kier molecular flexibility index (Phi) is 0.619. The monoisotopic (exact) mass is 102 g/mol. The van der Waals surface area contributed by atoms with Crippen LogP contribution in [0, 0.1) is 5.21 Å². The van der Waals surface area contributed by atoms with Crippen molar-refractivity contribution in [1.29, 1.82) is 0 Å². The number of rotatable bonds is 0. The van der Waals surface area contributed by atoms with Gasteiger partial charge in [0.05, 0.1) is 0 Å². The second kappa shape index (κ2) is 1.11. The highest BCUT2D eigenvalue weighted by Gasteiger charge is 1.87. The largest absolute Gasteiger partial charge is 0.391 e. The van der Waals surface area contributed by atoms with Crippen molar-refractivity contribution < 1.29 is 9.53 Å². The number of aromatic amines is 1. The molecule has 1 rings (SSSR count). The summed E-state index contributed by atoms with van der Waals surface area (Å²) in [6.07, 6.45) is 0.750. The molecular formula is C2H2N2O3. The van der Waals surface area contributed by atoms with Crippen molar-refractivity contribution in [3.8, 4) is 0 Å². The molecule has 0 saturated carbocycles. The normalized spacial score (nSPS) is 9.14. The van der Waals surface area contributed by atoms with Gasteiger partial charge in [0.15, 0.2) is 0 Å². The molecule has 38 valence electrons. The average molecular weight is 102 g/mol. The predicted molar refractivity (Wildman–Crippen MR) is 18.3 cm³/mol. The van der Waals surface area contributed by atoms with E-state index in [1.165, 1.54) is 0 Å². The van der Waals surface area contributed by atoms with E-state index in [4.69, 9.17) is 0 Å². The van der Waals surface area contributed by atoms with Crippen LogP contribution in [0.15, 0.2) is 15.6 Å². The average Bonchev–Trinajstić information content (AvgIpc) is 1.87. The van der Waals surface area contributed by atoms with Crippen LogP contribution in [0.4, 0.5) is 0 Å². The van der Waals surface area contributed by atoms with Crippen LogP contribution in [0.1, 0.15) is 0 Å². The Morgan fingerprint density at radius 1 is 2.00 bits per heavy atom. The van der Waals surface area contributed by atoms with E-state index in [2.05, 4.69) is 4.63 Å². The zero-order chi connectivity index (χ0) is 5.28. The maximum Gasteiger partial charge on any atom is 0.391 e. The van der Waals surface area contributed by atoms with Gasteiger partial charge in [0, 0.05) is 0 Å². The summed E-state index contributed by atoms with van der Waals surface area (Å²) in [5.74, 6) is 0. The van der Waals surface area contributed by atoms with E-state index in [1.807, 2.05) is 0 Å². The van der Waals surface area contributed by atoms with Gasteiger partial charge in [0.1, 0.15) is 0 Å². The summed E-state index contributed by atoms with van der Waals surface area (Å²) in [6, 6.07) is 0. The Bertz CT molecular complexity index is 199. The van der Waals surface area contributed by atoms with Crippen molar-refractivity contribution in [3.63, 3.8) is 0 Å². The SMILES string of the molecule is O=c1c[n+]([O-])o[nH]1. The van der Waals surface area contributed by atoms with E-state index in [-0.39, 0.29) is 4.90 Å². The van der Waals surface area contributed by atoms with Gasteiger partial charge in [-0.05, 0) is 4.90 Å². The molecule has 1 heterocycles. The van der Waals surface area contributed by atoms with Crippen molar-refractivity contribution >= 4 is 0 Å². The second-order valence-electron chi connectivity index (χ2n) is 0.972. The standard InChI is InChI=1S/C2H2N2O3/c5-2-1-4(6)7-3-2/h1H,(H,3,5). The quantitative estimate of drug-likeness (QED) is 0.409. The van der Waals surface area contributed by atoms with Crippen LogP contribution in [-0.2, 0) is 0 Å². The minimum atomic E-state index is -0.532. The van der Waals surface area contributed by atoms with Crippen molar-refractivity contribution in [1.82, 2.24) is 5.16 Å². The van der Waals surface area contributed by atoms with Gasteiger partial charge in [-0.1, -0.05) is 0 Å². The second-order valence-corrected chi connectivity index (χ2v) is 0.972. The number of aromatic nitrogens is 2. The van der Waals surface area contributed by atoms with Gasteiger partial charge in [-0.3, -0.25) is 0 Å². The van der Waals surface area contributed by atoms with Crippen LogP contribution in [-0.4, -0.2) is 5.16 Å². The van der Waals surface area contributed by atoms with Crippen molar-refractivity contribution in [2.75, 3.05) is 0 Å². The van der Waals surface area contributed by atoms with Crippen LogP contribution in [0.2, 0.25) is 0 Å². The van der Waals surface area contributed by atoms with Gasteiger partial charge < -0.3 is 9.84 Å². The van der Waals surface area contributed by atoms with Crippen LogP contribution < -0.4 is 10.5 Å². The van der Waals surface area contributed by atoms with Gasteiger partial charge in [-0.15, -0.1) is 5.16 Å². The Morgan fingerprint density at radius 2 is 2.71 bits per heavy atom. The summed E-state index contributed by atoms with van der Waals surface area (Å²) in [7, 11) is 0. The maximum absolute atomic E-state index is 9.92. The fourth-order valence-corrected chi connectivity index (χ4v) is 0.238. The summed E-state index contributed by atoms with van der Waals surface area (Å²) in [4.78, 5) is 9.96. The van der Waals surface area contributed by atoms with E-state index in [1.54, 1.807) is 5.16 Å². The number of hydrogen-bond acceptors (Lipinski definition) is 3. The Labute approximate surface area is 37.7 Å². The van der Waals surface area contributed by atoms with Crippen LogP contribution in [0.25, 0.3) is 0 Å². The van der Waals surface area contributed by atoms with Gasteiger partial charge in [0.2, 0.25) is 6.20 Å². The lowest BCUT2D eigenvalue weighted by molar-refractivity contribution is -0.802. The predicted octanol–water partition coefficient (Wildman–Crippen LogP) is -1.40. The minimum absolute atomic E-state index is 0.0440. The fourth-order valence-electron chi connectivity index (χ4n) is 0.238. The number of H-pyrrole nitrogens is 1. The number of hydrogen-bond donors (Lipinski definition) is 1. The molecular weight excluding hydrogens is 100 g/mol.